The lowest BCUT2D eigenvalue weighted by Gasteiger charge is -2.20. The normalized spacial score (nSPS) is 13.3. The van der Waals surface area contributed by atoms with E-state index in [0.717, 1.165) is 11.3 Å². The summed E-state index contributed by atoms with van der Waals surface area (Å²) in [6, 6.07) is 5.38. The highest BCUT2D eigenvalue weighted by Gasteiger charge is 2.18. The van der Waals surface area contributed by atoms with Crippen LogP contribution in [0.4, 0.5) is 0 Å². The maximum atomic E-state index is 12.3. The van der Waals surface area contributed by atoms with Gasteiger partial charge in [-0.15, -0.1) is 0 Å². The SMILES string of the molecule is COc1cc(/C=C/C(=O)c2cc(C)oc2C)cc2c1OCCO2. The maximum absolute atomic E-state index is 12.3. The zero-order chi connectivity index (χ0) is 16.4. The number of furan rings is 1. The van der Waals surface area contributed by atoms with Crippen molar-refractivity contribution < 1.29 is 23.4 Å². The number of carbonyl (C=O) groups excluding carboxylic acids is 1. The smallest absolute Gasteiger partial charge is 0.203 e. The molecule has 1 aromatic carbocycles. The summed E-state index contributed by atoms with van der Waals surface area (Å²) in [5.41, 5.74) is 1.38. The Balaban J connectivity index is 1.87. The molecule has 1 aromatic heterocycles. The number of methoxy groups -OCH3 is 1. The van der Waals surface area contributed by atoms with Crippen molar-refractivity contribution in [3.8, 4) is 17.2 Å². The number of ketones is 1. The lowest BCUT2D eigenvalue weighted by Crippen LogP contribution is -2.16. The highest BCUT2D eigenvalue weighted by Crippen LogP contribution is 2.40. The van der Waals surface area contributed by atoms with Gasteiger partial charge in [0.1, 0.15) is 24.7 Å². The number of benzene rings is 1. The summed E-state index contributed by atoms with van der Waals surface area (Å²) in [7, 11) is 1.57. The quantitative estimate of drug-likeness (QED) is 0.638. The van der Waals surface area contributed by atoms with E-state index in [9.17, 15) is 4.79 Å². The predicted molar refractivity (Wildman–Crippen MR) is 85.5 cm³/mol. The second kappa shape index (κ2) is 6.20. The second-order valence-electron chi connectivity index (χ2n) is 5.27. The number of rotatable bonds is 4. The fourth-order valence-electron chi connectivity index (χ4n) is 2.53. The van der Waals surface area contributed by atoms with Crippen LogP contribution >= 0.6 is 0 Å². The molecule has 2 aromatic rings. The van der Waals surface area contributed by atoms with E-state index in [4.69, 9.17) is 18.6 Å². The molecule has 1 aliphatic rings. The molecule has 0 unspecified atom stereocenters. The van der Waals surface area contributed by atoms with Crippen LogP contribution in [0.1, 0.15) is 27.4 Å². The Hall–Kier alpha value is -2.69. The molecule has 120 valence electrons. The van der Waals surface area contributed by atoms with Gasteiger partial charge >= 0.3 is 0 Å². The van der Waals surface area contributed by atoms with Gasteiger partial charge in [-0.3, -0.25) is 4.79 Å². The number of aryl methyl sites for hydroxylation is 2. The van der Waals surface area contributed by atoms with Gasteiger partial charge in [0.2, 0.25) is 5.75 Å². The Kier molecular flexibility index (Phi) is 4.10. The van der Waals surface area contributed by atoms with Crippen molar-refractivity contribution in [2.24, 2.45) is 0 Å². The molecule has 0 bridgehead atoms. The molecule has 5 heteroatoms. The number of hydrogen-bond acceptors (Lipinski definition) is 5. The highest BCUT2D eigenvalue weighted by atomic mass is 16.6. The van der Waals surface area contributed by atoms with Crippen molar-refractivity contribution in [1.29, 1.82) is 0 Å². The van der Waals surface area contributed by atoms with Crippen molar-refractivity contribution in [2.45, 2.75) is 13.8 Å². The van der Waals surface area contributed by atoms with Crippen LogP contribution in [-0.4, -0.2) is 26.1 Å². The summed E-state index contributed by atoms with van der Waals surface area (Å²) in [5, 5.41) is 0. The zero-order valence-corrected chi connectivity index (χ0v) is 13.3. The lowest BCUT2D eigenvalue weighted by molar-refractivity contribution is 0.104. The van der Waals surface area contributed by atoms with Gasteiger partial charge in [-0.05, 0) is 43.7 Å². The van der Waals surface area contributed by atoms with E-state index in [1.165, 1.54) is 6.08 Å². The number of fused-ring (bicyclic) bond motifs is 1. The van der Waals surface area contributed by atoms with E-state index >= 15 is 0 Å². The minimum absolute atomic E-state index is 0.104. The van der Waals surface area contributed by atoms with Crippen LogP contribution in [0.15, 0.2) is 28.7 Å². The predicted octanol–water partition coefficient (Wildman–Crippen LogP) is 3.57. The Morgan fingerprint density at radius 1 is 1.17 bits per heavy atom. The number of allylic oxidation sites excluding steroid dienone is 1. The monoisotopic (exact) mass is 314 g/mol. The van der Waals surface area contributed by atoms with Crippen LogP contribution in [0.5, 0.6) is 17.2 Å². The fraction of sp³-hybridized carbons (Fsp3) is 0.278. The second-order valence-corrected chi connectivity index (χ2v) is 5.27. The van der Waals surface area contributed by atoms with Gasteiger partial charge in [0.15, 0.2) is 17.3 Å². The molecule has 3 rings (SSSR count). The van der Waals surface area contributed by atoms with Crippen LogP contribution in [0.25, 0.3) is 6.08 Å². The molecule has 2 heterocycles. The molecule has 0 aliphatic carbocycles. The number of hydrogen-bond donors (Lipinski definition) is 0. The van der Waals surface area contributed by atoms with Gasteiger partial charge in [-0.1, -0.05) is 6.08 Å². The minimum Gasteiger partial charge on any atom is -0.493 e. The van der Waals surface area contributed by atoms with Gasteiger partial charge in [0, 0.05) is 0 Å². The lowest BCUT2D eigenvalue weighted by atomic mass is 10.1. The van der Waals surface area contributed by atoms with Crippen molar-refractivity contribution >= 4 is 11.9 Å². The van der Waals surface area contributed by atoms with E-state index in [-0.39, 0.29) is 5.78 Å². The molecule has 0 atom stereocenters. The summed E-state index contributed by atoms with van der Waals surface area (Å²) in [4.78, 5) is 12.3. The van der Waals surface area contributed by atoms with Crippen LogP contribution in [0, 0.1) is 13.8 Å². The summed E-state index contributed by atoms with van der Waals surface area (Å²) < 4.78 is 21.9. The topological polar surface area (TPSA) is 57.9 Å². The first-order valence-electron chi connectivity index (χ1n) is 7.35. The third kappa shape index (κ3) is 3.08. The average Bonchev–Trinajstić information content (AvgIpc) is 2.90. The van der Waals surface area contributed by atoms with Gasteiger partial charge in [0.05, 0.1) is 12.7 Å². The van der Waals surface area contributed by atoms with Crippen molar-refractivity contribution in [3.05, 3.63) is 46.9 Å². The van der Waals surface area contributed by atoms with Crippen LogP contribution in [-0.2, 0) is 0 Å². The van der Waals surface area contributed by atoms with Gasteiger partial charge in [-0.25, -0.2) is 0 Å². The Morgan fingerprint density at radius 2 is 1.96 bits per heavy atom. The first-order valence-corrected chi connectivity index (χ1v) is 7.35. The third-order valence-electron chi connectivity index (χ3n) is 3.58. The van der Waals surface area contributed by atoms with E-state index in [2.05, 4.69) is 0 Å². The number of carbonyl (C=O) groups is 1. The molecule has 0 fully saturated rings. The third-order valence-corrected chi connectivity index (χ3v) is 3.58. The number of ether oxygens (including phenoxy) is 3. The Labute approximate surface area is 134 Å². The maximum Gasteiger partial charge on any atom is 0.203 e. The van der Waals surface area contributed by atoms with E-state index in [1.807, 2.05) is 19.1 Å². The molecule has 0 N–H and O–H groups in total. The van der Waals surface area contributed by atoms with Crippen LogP contribution in [0.2, 0.25) is 0 Å². The van der Waals surface area contributed by atoms with Crippen LogP contribution in [0.3, 0.4) is 0 Å². The first kappa shape index (κ1) is 15.2. The molecule has 1 aliphatic heterocycles. The fourth-order valence-corrected chi connectivity index (χ4v) is 2.53. The standard InChI is InChI=1S/C18H18O5/c1-11-8-14(12(2)23-11)15(19)5-4-13-9-16(20-3)18-17(10-13)21-6-7-22-18/h4-5,8-10H,6-7H2,1-3H3/b5-4+. The van der Waals surface area contributed by atoms with Crippen molar-refractivity contribution in [3.63, 3.8) is 0 Å². The molecule has 23 heavy (non-hydrogen) atoms. The molecule has 5 nitrogen and oxygen atoms in total. The molecular formula is C18H18O5. The largest absolute Gasteiger partial charge is 0.493 e. The van der Waals surface area contributed by atoms with Gasteiger partial charge in [0.25, 0.3) is 0 Å². The molecular weight excluding hydrogens is 296 g/mol. The summed E-state index contributed by atoms with van der Waals surface area (Å²) in [6.45, 7) is 4.59. The molecule has 0 radical (unpaired) electrons. The molecule has 0 amide bonds. The Morgan fingerprint density at radius 3 is 2.65 bits per heavy atom. The van der Waals surface area contributed by atoms with Gasteiger partial charge < -0.3 is 18.6 Å². The first-order chi connectivity index (χ1) is 11.1. The van der Waals surface area contributed by atoms with Gasteiger partial charge in [-0.2, -0.15) is 0 Å². The minimum atomic E-state index is -0.104. The van der Waals surface area contributed by atoms with Crippen LogP contribution < -0.4 is 14.2 Å². The van der Waals surface area contributed by atoms with E-state index in [1.54, 1.807) is 26.2 Å². The average molecular weight is 314 g/mol. The Bertz CT molecular complexity index is 753. The van der Waals surface area contributed by atoms with Crippen molar-refractivity contribution in [2.75, 3.05) is 20.3 Å². The summed E-state index contributed by atoms with van der Waals surface area (Å²) in [6.07, 6.45) is 3.24. The molecule has 0 saturated heterocycles. The summed E-state index contributed by atoms with van der Waals surface area (Å²) >= 11 is 0. The van der Waals surface area contributed by atoms with Crippen molar-refractivity contribution in [1.82, 2.24) is 0 Å². The zero-order valence-electron chi connectivity index (χ0n) is 13.3. The molecule has 0 spiro atoms. The highest BCUT2D eigenvalue weighted by molar-refractivity contribution is 6.07. The van der Waals surface area contributed by atoms with E-state index in [0.29, 0.717) is 41.8 Å². The summed E-state index contributed by atoms with van der Waals surface area (Å²) in [5.74, 6) is 3.05. The molecule has 0 saturated carbocycles. The van der Waals surface area contributed by atoms with E-state index < -0.39 is 0 Å².